The van der Waals surface area contributed by atoms with Gasteiger partial charge in [0, 0.05) is 12.5 Å². The van der Waals surface area contributed by atoms with Crippen LogP contribution in [-0.4, -0.2) is 22.4 Å². The first-order valence-electron chi connectivity index (χ1n) is 4.36. The van der Waals surface area contributed by atoms with Crippen LogP contribution < -0.4 is 4.90 Å². The first-order chi connectivity index (χ1) is 6.96. The van der Waals surface area contributed by atoms with Crippen molar-refractivity contribution in [2.24, 2.45) is 0 Å². The molecule has 0 radical (unpaired) electrons. The highest BCUT2D eigenvalue weighted by Gasteiger charge is 2.42. The van der Waals surface area contributed by atoms with Gasteiger partial charge in [0.15, 0.2) is 0 Å². The summed E-state index contributed by atoms with van der Waals surface area (Å²) in [6.07, 6.45) is -3.36. The molecule has 0 fully saturated rings. The number of nitrogens with one attached hydrogen (secondary N) is 1. The van der Waals surface area contributed by atoms with Crippen molar-refractivity contribution in [3.05, 3.63) is 12.3 Å². The Kier molecular flexibility index (Phi) is 3.33. The molecule has 0 aromatic carbocycles. The molecule has 1 amide bonds. The number of carbonyl (C=O) groups excluding carboxylic acids is 1. The SMILES string of the molecule is CCCC(=O)N(c1ccn[nH]1)C(F)(F)F. The molecule has 1 heterocycles. The second-order valence-electron chi connectivity index (χ2n) is 2.89. The van der Waals surface area contributed by atoms with Crippen LogP contribution in [0.15, 0.2) is 12.3 Å². The van der Waals surface area contributed by atoms with E-state index in [0.29, 0.717) is 6.42 Å². The lowest BCUT2D eigenvalue weighted by Gasteiger charge is -2.22. The van der Waals surface area contributed by atoms with Gasteiger partial charge in [-0.15, -0.1) is 13.2 Å². The van der Waals surface area contributed by atoms with Gasteiger partial charge in [0.25, 0.3) is 0 Å². The van der Waals surface area contributed by atoms with E-state index >= 15 is 0 Å². The quantitative estimate of drug-likeness (QED) is 0.794. The summed E-state index contributed by atoms with van der Waals surface area (Å²) in [5.41, 5.74) is 0. The maximum Gasteiger partial charge on any atom is 0.492 e. The summed E-state index contributed by atoms with van der Waals surface area (Å²) >= 11 is 0. The number of aromatic nitrogens is 2. The van der Waals surface area contributed by atoms with E-state index in [1.54, 1.807) is 6.92 Å². The molecule has 7 heteroatoms. The fourth-order valence-electron chi connectivity index (χ4n) is 1.11. The Morgan fingerprint density at radius 2 is 2.27 bits per heavy atom. The minimum Gasteiger partial charge on any atom is -0.274 e. The molecule has 0 bridgehead atoms. The van der Waals surface area contributed by atoms with Crippen LogP contribution in [0.2, 0.25) is 0 Å². The van der Waals surface area contributed by atoms with Crippen molar-refractivity contribution >= 4 is 11.7 Å². The van der Waals surface area contributed by atoms with E-state index < -0.39 is 12.2 Å². The zero-order chi connectivity index (χ0) is 11.5. The first-order valence-corrected chi connectivity index (χ1v) is 4.36. The highest BCUT2D eigenvalue weighted by Crippen LogP contribution is 2.27. The number of nitrogens with zero attached hydrogens (tertiary/aromatic N) is 2. The molecule has 0 spiro atoms. The molecule has 0 aliphatic heterocycles. The van der Waals surface area contributed by atoms with Gasteiger partial charge in [-0.2, -0.15) is 5.10 Å². The van der Waals surface area contributed by atoms with Gasteiger partial charge >= 0.3 is 6.30 Å². The van der Waals surface area contributed by atoms with Crippen LogP contribution in [0.4, 0.5) is 19.0 Å². The summed E-state index contributed by atoms with van der Waals surface area (Å²) in [5, 5.41) is 5.50. The molecule has 0 saturated carbocycles. The van der Waals surface area contributed by atoms with Gasteiger partial charge in [-0.1, -0.05) is 6.92 Å². The van der Waals surface area contributed by atoms with Crippen molar-refractivity contribution in [3.63, 3.8) is 0 Å². The van der Waals surface area contributed by atoms with Crippen molar-refractivity contribution in [2.45, 2.75) is 26.1 Å². The number of halogens is 3. The van der Waals surface area contributed by atoms with Crippen LogP contribution in [-0.2, 0) is 4.79 Å². The van der Waals surface area contributed by atoms with Crippen molar-refractivity contribution < 1.29 is 18.0 Å². The number of anilines is 1. The van der Waals surface area contributed by atoms with Gasteiger partial charge in [0.05, 0.1) is 6.20 Å². The summed E-state index contributed by atoms with van der Waals surface area (Å²) in [4.78, 5) is 11.0. The summed E-state index contributed by atoms with van der Waals surface area (Å²) in [6.45, 7) is 1.64. The Balaban J connectivity index is 2.94. The highest BCUT2D eigenvalue weighted by molar-refractivity contribution is 5.92. The van der Waals surface area contributed by atoms with Gasteiger partial charge in [0.1, 0.15) is 5.82 Å². The van der Waals surface area contributed by atoms with Gasteiger partial charge in [-0.05, 0) is 6.42 Å². The number of rotatable bonds is 3. The van der Waals surface area contributed by atoms with Crippen LogP contribution >= 0.6 is 0 Å². The lowest BCUT2D eigenvalue weighted by atomic mass is 10.3. The number of hydrogen-bond donors (Lipinski definition) is 1. The molecular formula is C8H10F3N3O. The van der Waals surface area contributed by atoms with E-state index in [1.165, 1.54) is 0 Å². The van der Waals surface area contributed by atoms with E-state index in [2.05, 4.69) is 10.2 Å². The molecule has 0 saturated heterocycles. The third-order valence-corrected chi connectivity index (χ3v) is 1.69. The summed E-state index contributed by atoms with van der Waals surface area (Å²) in [7, 11) is 0. The summed E-state index contributed by atoms with van der Waals surface area (Å²) in [5.74, 6) is -1.35. The molecule has 15 heavy (non-hydrogen) atoms. The van der Waals surface area contributed by atoms with Crippen LogP contribution in [0.1, 0.15) is 19.8 Å². The van der Waals surface area contributed by atoms with E-state index in [-0.39, 0.29) is 17.1 Å². The van der Waals surface area contributed by atoms with Crippen LogP contribution in [0, 0.1) is 0 Å². The molecule has 4 nitrogen and oxygen atoms in total. The smallest absolute Gasteiger partial charge is 0.274 e. The van der Waals surface area contributed by atoms with Gasteiger partial charge in [-0.3, -0.25) is 9.89 Å². The normalized spacial score (nSPS) is 11.5. The van der Waals surface area contributed by atoms with Gasteiger partial charge in [0.2, 0.25) is 5.91 Å². The first kappa shape index (κ1) is 11.5. The average molecular weight is 221 g/mol. The number of alkyl halides is 3. The van der Waals surface area contributed by atoms with Crippen LogP contribution in [0.5, 0.6) is 0 Å². The zero-order valence-corrected chi connectivity index (χ0v) is 8.01. The molecule has 0 unspecified atom stereocenters. The highest BCUT2D eigenvalue weighted by atomic mass is 19.4. The topological polar surface area (TPSA) is 49.0 Å². The number of amides is 1. The third kappa shape index (κ3) is 2.71. The fraction of sp³-hybridized carbons (Fsp3) is 0.500. The second kappa shape index (κ2) is 4.33. The molecular weight excluding hydrogens is 211 g/mol. The van der Waals surface area contributed by atoms with E-state index in [1.807, 2.05) is 0 Å². The lowest BCUT2D eigenvalue weighted by Crippen LogP contribution is -2.43. The monoisotopic (exact) mass is 221 g/mol. The zero-order valence-electron chi connectivity index (χ0n) is 8.01. The predicted molar refractivity (Wildman–Crippen MR) is 47.0 cm³/mol. The lowest BCUT2D eigenvalue weighted by molar-refractivity contribution is -0.150. The summed E-state index contributed by atoms with van der Waals surface area (Å²) in [6, 6.07) is 1.10. The van der Waals surface area contributed by atoms with Crippen LogP contribution in [0.3, 0.4) is 0 Å². The number of H-pyrrole nitrogens is 1. The number of carbonyl (C=O) groups is 1. The molecule has 0 aliphatic carbocycles. The Morgan fingerprint density at radius 1 is 1.60 bits per heavy atom. The Hall–Kier alpha value is -1.53. The van der Waals surface area contributed by atoms with Crippen molar-refractivity contribution in [1.82, 2.24) is 10.2 Å². The maximum atomic E-state index is 12.5. The Bertz CT molecular complexity index is 320. The number of aromatic amines is 1. The van der Waals surface area contributed by atoms with E-state index in [0.717, 1.165) is 12.3 Å². The molecule has 1 rings (SSSR count). The molecule has 0 aliphatic rings. The third-order valence-electron chi connectivity index (χ3n) is 1.69. The Morgan fingerprint density at radius 3 is 2.67 bits per heavy atom. The van der Waals surface area contributed by atoms with Crippen molar-refractivity contribution in [2.75, 3.05) is 4.90 Å². The molecule has 1 aromatic rings. The van der Waals surface area contributed by atoms with Gasteiger partial charge < -0.3 is 0 Å². The standard InChI is InChI=1S/C8H10F3N3O/c1-2-3-7(15)14(8(9,10)11)6-4-5-12-13-6/h4-5H,2-3H2,1H3,(H,12,13). The fourth-order valence-corrected chi connectivity index (χ4v) is 1.11. The average Bonchev–Trinajstić information content (AvgIpc) is 2.55. The Labute approximate surface area is 84.1 Å². The van der Waals surface area contributed by atoms with Crippen LogP contribution in [0.25, 0.3) is 0 Å². The molecule has 1 aromatic heterocycles. The van der Waals surface area contributed by atoms with E-state index in [9.17, 15) is 18.0 Å². The largest absolute Gasteiger partial charge is 0.492 e. The molecule has 84 valence electrons. The van der Waals surface area contributed by atoms with E-state index in [4.69, 9.17) is 0 Å². The predicted octanol–water partition coefficient (Wildman–Crippen LogP) is 2.06. The minimum absolute atomic E-state index is 0.154. The second-order valence-corrected chi connectivity index (χ2v) is 2.89. The number of hydrogen-bond acceptors (Lipinski definition) is 2. The van der Waals surface area contributed by atoms with Crippen molar-refractivity contribution in [3.8, 4) is 0 Å². The maximum absolute atomic E-state index is 12.5. The van der Waals surface area contributed by atoms with Crippen molar-refractivity contribution in [1.29, 1.82) is 0 Å². The minimum atomic E-state index is -4.72. The van der Waals surface area contributed by atoms with Gasteiger partial charge in [-0.25, -0.2) is 4.90 Å². The molecule has 0 atom stereocenters. The summed E-state index contributed by atoms with van der Waals surface area (Å²) < 4.78 is 37.5. The molecule has 1 N–H and O–H groups in total.